The van der Waals surface area contributed by atoms with Gasteiger partial charge in [0.2, 0.25) is 16.9 Å². The van der Waals surface area contributed by atoms with Crippen molar-refractivity contribution in [1.29, 1.82) is 0 Å². The van der Waals surface area contributed by atoms with E-state index in [1.54, 1.807) is 18.6 Å². The van der Waals surface area contributed by atoms with Gasteiger partial charge in [0, 0.05) is 19.9 Å². The molecule has 1 unspecified atom stereocenters. The van der Waals surface area contributed by atoms with E-state index in [0.717, 1.165) is 0 Å². The van der Waals surface area contributed by atoms with E-state index in [2.05, 4.69) is 26.1 Å². The summed E-state index contributed by atoms with van der Waals surface area (Å²) in [7, 11) is -4.28. The molecule has 156 valence electrons. The number of nitrogens with one attached hydrogen (secondary N) is 4. The van der Waals surface area contributed by atoms with Gasteiger partial charge in [0.05, 0.1) is 0 Å². The summed E-state index contributed by atoms with van der Waals surface area (Å²) in [5, 5.41) is 22.5. The van der Waals surface area contributed by atoms with Crippen molar-refractivity contribution in [2.24, 2.45) is 5.92 Å². The number of aromatic nitrogens is 2. The number of hydrogen-bond acceptors (Lipinski definition) is 9. The Hall–Kier alpha value is -2.81. The van der Waals surface area contributed by atoms with E-state index in [1.807, 2.05) is 0 Å². The average Bonchev–Trinajstić information content (AvgIpc) is 3.00. The summed E-state index contributed by atoms with van der Waals surface area (Å²) in [5.41, 5.74) is 0. The van der Waals surface area contributed by atoms with Crippen LogP contribution in [0.4, 0.5) is 9.93 Å². The van der Waals surface area contributed by atoms with E-state index in [4.69, 9.17) is 5.11 Å². The second kappa shape index (κ2) is 9.93. The summed E-state index contributed by atoms with van der Waals surface area (Å²) in [5.74, 6) is -2.94. The summed E-state index contributed by atoms with van der Waals surface area (Å²) >= 11 is 0.559. The topological polar surface area (TPSA) is 197 Å². The Labute approximate surface area is 164 Å². The highest BCUT2D eigenvalue weighted by atomic mass is 32.2. The van der Waals surface area contributed by atoms with Crippen molar-refractivity contribution < 1.29 is 32.7 Å². The molecule has 15 heteroatoms. The molecule has 0 bridgehead atoms. The molecule has 4 amide bonds. The van der Waals surface area contributed by atoms with Gasteiger partial charge in [-0.3, -0.25) is 9.59 Å². The molecule has 0 fully saturated rings. The summed E-state index contributed by atoms with van der Waals surface area (Å²) in [6.07, 6.45) is -0.385. The molecule has 5 N–H and O–H groups in total. The molecule has 1 heterocycles. The van der Waals surface area contributed by atoms with Crippen LogP contribution in [0.25, 0.3) is 0 Å². The van der Waals surface area contributed by atoms with Crippen LogP contribution in [0, 0.1) is 5.92 Å². The lowest BCUT2D eigenvalue weighted by Crippen LogP contribution is -2.49. The number of sulfonamides is 1. The number of nitrogens with zero attached hydrogens (tertiary/aromatic N) is 2. The molecular formula is C13H20N6O7S2. The molecule has 0 aliphatic carbocycles. The fraction of sp³-hybridized carbons (Fsp3) is 0.538. The third-order valence-corrected chi connectivity index (χ3v) is 5.60. The van der Waals surface area contributed by atoms with Crippen molar-refractivity contribution in [2.45, 2.75) is 37.6 Å². The summed E-state index contributed by atoms with van der Waals surface area (Å²) < 4.78 is 25.3. The maximum Gasteiger partial charge on any atom is 0.326 e. The van der Waals surface area contributed by atoms with Crippen LogP contribution in [0.3, 0.4) is 0 Å². The molecule has 0 aromatic carbocycles. The van der Waals surface area contributed by atoms with E-state index in [9.17, 15) is 27.6 Å². The predicted molar refractivity (Wildman–Crippen MR) is 97.0 cm³/mol. The number of amides is 4. The standard InChI is InChI=1S/C13H20N6O7S2/c1-6(2)9(10(22)23)16-11(24)14-5-4-8(21)19-28(25,26)13-18-17-12(27-13)15-7(3)20/h6,9H,4-5H2,1-3H3,(H,19,21)(H,22,23)(H2,14,16,24)(H,15,17,20). The third kappa shape index (κ3) is 7.43. The Morgan fingerprint density at radius 1 is 1.18 bits per heavy atom. The molecule has 1 rings (SSSR count). The number of carbonyl (C=O) groups is 4. The quantitative estimate of drug-likeness (QED) is 0.305. The number of anilines is 1. The lowest BCUT2D eigenvalue weighted by atomic mass is 10.1. The second-order valence-electron chi connectivity index (χ2n) is 5.79. The van der Waals surface area contributed by atoms with Crippen LogP contribution < -0.4 is 20.7 Å². The van der Waals surface area contributed by atoms with E-state index < -0.39 is 44.2 Å². The fourth-order valence-electron chi connectivity index (χ4n) is 1.76. The highest BCUT2D eigenvalue weighted by molar-refractivity contribution is 7.92. The van der Waals surface area contributed by atoms with Crippen molar-refractivity contribution in [1.82, 2.24) is 25.6 Å². The molecule has 0 spiro atoms. The van der Waals surface area contributed by atoms with Crippen LogP contribution in [0.2, 0.25) is 0 Å². The van der Waals surface area contributed by atoms with Gasteiger partial charge >= 0.3 is 12.0 Å². The van der Waals surface area contributed by atoms with Gasteiger partial charge in [0.15, 0.2) is 0 Å². The number of aliphatic carboxylic acids is 1. The lowest BCUT2D eigenvalue weighted by Gasteiger charge is -2.18. The van der Waals surface area contributed by atoms with E-state index in [1.165, 1.54) is 6.92 Å². The fourth-order valence-corrected chi connectivity index (χ4v) is 3.72. The Kier molecular flexibility index (Phi) is 8.24. The molecule has 0 saturated carbocycles. The van der Waals surface area contributed by atoms with Gasteiger partial charge in [0.25, 0.3) is 14.4 Å². The van der Waals surface area contributed by atoms with E-state index in [0.29, 0.717) is 11.3 Å². The molecular weight excluding hydrogens is 416 g/mol. The van der Waals surface area contributed by atoms with Crippen LogP contribution >= 0.6 is 11.3 Å². The molecule has 28 heavy (non-hydrogen) atoms. The predicted octanol–water partition coefficient (Wildman–Crippen LogP) is -0.900. The minimum absolute atomic E-state index is 0.0446. The lowest BCUT2D eigenvalue weighted by molar-refractivity contribution is -0.140. The van der Waals surface area contributed by atoms with Crippen LogP contribution in [0.5, 0.6) is 0 Å². The van der Waals surface area contributed by atoms with Crippen molar-refractivity contribution in [2.75, 3.05) is 11.9 Å². The van der Waals surface area contributed by atoms with Crippen molar-refractivity contribution in [3.63, 3.8) is 0 Å². The molecule has 1 atom stereocenters. The first-order chi connectivity index (χ1) is 12.9. The van der Waals surface area contributed by atoms with Gasteiger partial charge in [-0.2, -0.15) is 8.42 Å². The van der Waals surface area contributed by atoms with Crippen LogP contribution in [-0.4, -0.2) is 60.1 Å². The molecule has 0 saturated heterocycles. The summed E-state index contributed by atoms with van der Waals surface area (Å²) in [6, 6.07) is -1.91. The minimum Gasteiger partial charge on any atom is -0.480 e. The number of hydrogen-bond donors (Lipinski definition) is 5. The molecule has 0 aliphatic heterocycles. The highest BCUT2D eigenvalue weighted by Gasteiger charge is 2.24. The van der Waals surface area contributed by atoms with Gasteiger partial charge in [0.1, 0.15) is 6.04 Å². The van der Waals surface area contributed by atoms with Gasteiger partial charge in [-0.05, 0) is 5.92 Å². The van der Waals surface area contributed by atoms with Gasteiger partial charge < -0.3 is 21.1 Å². The van der Waals surface area contributed by atoms with Crippen LogP contribution in [0.15, 0.2) is 4.34 Å². The second-order valence-corrected chi connectivity index (χ2v) is 8.63. The largest absolute Gasteiger partial charge is 0.480 e. The number of carbonyl (C=O) groups excluding carboxylic acids is 3. The monoisotopic (exact) mass is 436 g/mol. The van der Waals surface area contributed by atoms with Crippen molar-refractivity contribution in [3.8, 4) is 0 Å². The zero-order chi connectivity index (χ0) is 21.5. The zero-order valence-electron chi connectivity index (χ0n) is 15.2. The van der Waals surface area contributed by atoms with Gasteiger partial charge in [-0.1, -0.05) is 25.2 Å². The maximum atomic E-state index is 12.0. The Bertz CT molecular complexity index is 851. The number of urea groups is 1. The summed E-state index contributed by atoms with van der Waals surface area (Å²) in [4.78, 5) is 45.3. The first kappa shape index (κ1) is 23.2. The first-order valence-corrected chi connectivity index (χ1v) is 10.2. The van der Waals surface area contributed by atoms with E-state index >= 15 is 0 Å². The molecule has 13 nitrogen and oxygen atoms in total. The van der Waals surface area contributed by atoms with Crippen LogP contribution in [-0.2, 0) is 24.4 Å². The minimum atomic E-state index is -4.28. The Morgan fingerprint density at radius 3 is 2.36 bits per heavy atom. The Morgan fingerprint density at radius 2 is 1.82 bits per heavy atom. The highest BCUT2D eigenvalue weighted by Crippen LogP contribution is 2.19. The van der Waals surface area contributed by atoms with Crippen molar-refractivity contribution in [3.05, 3.63) is 0 Å². The maximum absolute atomic E-state index is 12.0. The average molecular weight is 436 g/mol. The third-order valence-electron chi connectivity index (χ3n) is 3.02. The van der Waals surface area contributed by atoms with Crippen molar-refractivity contribution >= 4 is 50.3 Å². The van der Waals surface area contributed by atoms with Gasteiger partial charge in [-0.25, -0.2) is 14.3 Å². The zero-order valence-corrected chi connectivity index (χ0v) is 16.8. The molecule has 1 aromatic rings. The van der Waals surface area contributed by atoms with E-state index in [-0.39, 0.29) is 24.0 Å². The molecule has 1 aromatic heterocycles. The smallest absolute Gasteiger partial charge is 0.326 e. The number of carboxylic acid groups (broad SMARTS) is 1. The SMILES string of the molecule is CC(=O)Nc1nnc(S(=O)(=O)NC(=O)CCNC(=O)NC(C(=O)O)C(C)C)s1. The first-order valence-electron chi connectivity index (χ1n) is 7.86. The number of rotatable bonds is 9. The van der Waals surface area contributed by atoms with Gasteiger partial charge in [-0.15, -0.1) is 10.2 Å². The number of carboxylic acids is 1. The normalized spacial score (nSPS) is 12.1. The molecule has 0 aliphatic rings. The Balaban J connectivity index is 2.51. The molecule has 0 radical (unpaired) electrons. The summed E-state index contributed by atoms with van der Waals surface area (Å²) in [6.45, 7) is 4.20. The van der Waals surface area contributed by atoms with Crippen LogP contribution in [0.1, 0.15) is 27.2 Å².